The number of halogens is 1. The number of benzene rings is 1. The molecule has 0 spiro atoms. The Morgan fingerprint density at radius 2 is 1.92 bits per heavy atom. The van der Waals surface area contributed by atoms with Crippen molar-refractivity contribution in [2.75, 3.05) is 13.7 Å². The Bertz CT molecular complexity index is 669. The average Bonchev–Trinajstić information content (AvgIpc) is 2.58. The minimum Gasteiger partial charge on any atom is -0.496 e. The molecule has 0 bridgehead atoms. The van der Waals surface area contributed by atoms with Crippen molar-refractivity contribution in [3.63, 3.8) is 0 Å². The number of carbonyl (C=O) groups excluding carboxylic acids is 3. The van der Waals surface area contributed by atoms with E-state index in [4.69, 9.17) is 21.7 Å². The summed E-state index contributed by atoms with van der Waals surface area (Å²) in [6, 6.07) is 4.92. The monoisotopic (exact) mass is 479 g/mol. The van der Waals surface area contributed by atoms with Crippen molar-refractivity contribution < 1.29 is 23.9 Å². The summed E-state index contributed by atoms with van der Waals surface area (Å²) in [4.78, 5) is 34.8. The number of hydrazine groups is 1. The summed E-state index contributed by atoms with van der Waals surface area (Å²) in [5.41, 5.74) is 5.19. The van der Waals surface area contributed by atoms with E-state index < -0.39 is 17.8 Å². The Morgan fingerprint density at radius 3 is 2.52 bits per heavy atom. The van der Waals surface area contributed by atoms with Crippen LogP contribution in [-0.4, -0.2) is 36.6 Å². The number of hydrogen-bond acceptors (Lipinski definition) is 6. The van der Waals surface area contributed by atoms with Crippen LogP contribution in [0, 0.1) is 3.57 Å². The fraction of sp³-hybridized carbons (Fsp3) is 0.333. The van der Waals surface area contributed by atoms with Crippen LogP contribution >= 0.6 is 34.8 Å². The number of amides is 2. The largest absolute Gasteiger partial charge is 0.496 e. The molecule has 0 heterocycles. The van der Waals surface area contributed by atoms with Gasteiger partial charge in [-0.1, -0.05) is 0 Å². The number of methoxy groups -OCH3 is 1. The van der Waals surface area contributed by atoms with E-state index in [1.165, 1.54) is 0 Å². The van der Waals surface area contributed by atoms with Gasteiger partial charge in [0.1, 0.15) is 5.75 Å². The Hall–Kier alpha value is -1.95. The van der Waals surface area contributed by atoms with E-state index in [0.29, 0.717) is 11.3 Å². The summed E-state index contributed by atoms with van der Waals surface area (Å²) in [6.07, 6.45) is -0.107. The lowest BCUT2D eigenvalue weighted by atomic mass is 10.2. The fourth-order valence-electron chi connectivity index (χ4n) is 1.66. The molecule has 1 aromatic rings. The van der Waals surface area contributed by atoms with Crippen molar-refractivity contribution in [2.45, 2.75) is 19.8 Å². The van der Waals surface area contributed by atoms with E-state index in [0.717, 1.165) is 3.57 Å². The van der Waals surface area contributed by atoms with Crippen LogP contribution in [0.1, 0.15) is 30.1 Å². The third-order valence-corrected chi connectivity index (χ3v) is 3.87. The fourth-order valence-corrected chi connectivity index (χ4v) is 2.56. The van der Waals surface area contributed by atoms with Gasteiger partial charge in [0.2, 0.25) is 5.91 Å². The Labute approximate surface area is 164 Å². The van der Waals surface area contributed by atoms with Gasteiger partial charge in [0, 0.05) is 12.0 Å². The molecule has 3 N–H and O–H groups in total. The van der Waals surface area contributed by atoms with Crippen molar-refractivity contribution in [1.82, 2.24) is 16.2 Å². The Balaban J connectivity index is 2.40. The first-order valence-electron chi connectivity index (χ1n) is 7.26. The average molecular weight is 479 g/mol. The standard InChI is InChI=1S/C15H18IN3O5S/c1-3-24-13(21)7-6-12(20)17-15(25)19-18-14(22)9-4-5-11(23-2)10(16)8-9/h4-5,8H,3,6-7H2,1-2H3,(H,18,22)(H2,17,19,20,25). The van der Waals surface area contributed by atoms with Crippen LogP contribution in [0.25, 0.3) is 0 Å². The number of carbonyl (C=O) groups is 3. The molecule has 0 unspecified atom stereocenters. The van der Waals surface area contributed by atoms with E-state index >= 15 is 0 Å². The van der Waals surface area contributed by atoms with Gasteiger partial charge in [0.25, 0.3) is 5.91 Å². The van der Waals surface area contributed by atoms with Gasteiger partial charge in [-0.15, -0.1) is 0 Å². The number of nitrogens with one attached hydrogen (secondary N) is 3. The van der Waals surface area contributed by atoms with E-state index in [2.05, 4.69) is 38.8 Å². The zero-order chi connectivity index (χ0) is 18.8. The predicted molar refractivity (Wildman–Crippen MR) is 103 cm³/mol. The highest BCUT2D eigenvalue weighted by Crippen LogP contribution is 2.21. The quantitative estimate of drug-likeness (QED) is 0.244. The third kappa shape index (κ3) is 7.65. The molecule has 0 aliphatic carbocycles. The maximum absolute atomic E-state index is 12.0. The molecule has 1 aromatic carbocycles. The maximum atomic E-state index is 12.0. The van der Waals surface area contributed by atoms with Crippen LogP contribution in [0.2, 0.25) is 0 Å². The lowest BCUT2D eigenvalue weighted by Crippen LogP contribution is -2.48. The molecule has 1 rings (SSSR count). The van der Waals surface area contributed by atoms with Crippen LogP contribution in [0.5, 0.6) is 5.75 Å². The van der Waals surface area contributed by atoms with E-state index in [1.807, 2.05) is 0 Å². The highest BCUT2D eigenvalue weighted by atomic mass is 127. The van der Waals surface area contributed by atoms with Gasteiger partial charge in [-0.2, -0.15) is 0 Å². The number of hydrogen-bond donors (Lipinski definition) is 3. The van der Waals surface area contributed by atoms with Gasteiger partial charge in [0.15, 0.2) is 5.11 Å². The van der Waals surface area contributed by atoms with Crippen LogP contribution in [0.3, 0.4) is 0 Å². The number of ether oxygens (including phenoxy) is 2. The highest BCUT2D eigenvalue weighted by Gasteiger charge is 2.11. The van der Waals surface area contributed by atoms with E-state index in [1.54, 1.807) is 32.2 Å². The SMILES string of the molecule is CCOC(=O)CCC(=O)NC(=S)NNC(=O)c1ccc(OC)c(I)c1. The molecular weight excluding hydrogens is 461 g/mol. The smallest absolute Gasteiger partial charge is 0.306 e. The van der Waals surface area contributed by atoms with Gasteiger partial charge in [-0.3, -0.25) is 25.2 Å². The lowest BCUT2D eigenvalue weighted by Gasteiger charge is -2.11. The van der Waals surface area contributed by atoms with Gasteiger partial charge in [0.05, 0.1) is 23.7 Å². The minimum atomic E-state index is -0.459. The predicted octanol–water partition coefficient (Wildman–Crippen LogP) is 1.28. The highest BCUT2D eigenvalue weighted by molar-refractivity contribution is 14.1. The van der Waals surface area contributed by atoms with Crippen molar-refractivity contribution in [1.29, 1.82) is 0 Å². The molecule has 0 saturated heterocycles. The van der Waals surface area contributed by atoms with Crippen molar-refractivity contribution in [3.05, 3.63) is 27.3 Å². The summed E-state index contributed by atoms with van der Waals surface area (Å²) < 4.78 is 10.6. The summed E-state index contributed by atoms with van der Waals surface area (Å²) in [7, 11) is 1.54. The molecule has 0 radical (unpaired) electrons. The maximum Gasteiger partial charge on any atom is 0.306 e. The van der Waals surface area contributed by atoms with Crippen LogP contribution < -0.4 is 20.9 Å². The topological polar surface area (TPSA) is 106 Å². The molecule has 0 aromatic heterocycles. The molecule has 0 aliphatic rings. The molecule has 2 amide bonds. The summed E-state index contributed by atoms with van der Waals surface area (Å²) >= 11 is 6.95. The van der Waals surface area contributed by atoms with E-state index in [-0.39, 0.29) is 24.6 Å². The molecule has 0 saturated carbocycles. The normalized spacial score (nSPS) is 9.72. The second-order valence-electron chi connectivity index (χ2n) is 4.61. The molecule has 0 fully saturated rings. The number of rotatable bonds is 6. The first-order chi connectivity index (χ1) is 11.9. The number of esters is 1. The van der Waals surface area contributed by atoms with Gasteiger partial charge < -0.3 is 14.8 Å². The second kappa shape index (κ2) is 10.8. The summed E-state index contributed by atoms with van der Waals surface area (Å²) in [5, 5.41) is 2.27. The second-order valence-corrected chi connectivity index (χ2v) is 6.18. The van der Waals surface area contributed by atoms with Crippen molar-refractivity contribution >= 4 is 57.7 Å². The van der Waals surface area contributed by atoms with E-state index in [9.17, 15) is 14.4 Å². The van der Waals surface area contributed by atoms with Gasteiger partial charge in [-0.25, -0.2) is 0 Å². The lowest BCUT2D eigenvalue weighted by molar-refractivity contribution is -0.144. The number of thiocarbonyl (C=S) groups is 1. The van der Waals surface area contributed by atoms with Crippen LogP contribution in [0.15, 0.2) is 18.2 Å². The first kappa shape index (κ1) is 21.1. The third-order valence-electron chi connectivity index (χ3n) is 2.82. The summed E-state index contributed by atoms with van der Waals surface area (Å²) in [6.45, 7) is 1.94. The molecule has 0 aliphatic heterocycles. The zero-order valence-electron chi connectivity index (χ0n) is 13.7. The first-order valence-corrected chi connectivity index (χ1v) is 8.75. The van der Waals surface area contributed by atoms with Gasteiger partial charge >= 0.3 is 5.97 Å². The molecule has 136 valence electrons. The summed E-state index contributed by atoms with van der Waals surface area (Å²) in [5.74, 6) is -0.684. The van der Waals surface area contributed by atoms with Crippen LogP contribution in [-0.2, 0) is 14.3 Å². The molecule has 25 heavy (non-hydrogen) atoms. The molecule has 8 nitrogen and oxygen atoms in total. The Morgan fingerprint density at radius 1 is 1.20 bits per heavy atom. The van der Waals surface area contributed by atoms with Crippen molar-refractivity contribution in [3.8, 4) is 5.75 Å². The minimum absolute atomic E-state index is 0.0427. The Kier molecular flexibility index (Phi) is 9.13. The van der Waals surface area contributed by atoms with Gasteiger partial charge in [-0.05, 0) is 59.9 Å². The zero-order valence-corrected chi connectivity index (χ0v) is 16.7. The van der Waals surface area contributed by atoms with Crippen LogP contribution in [0.4, 0.5) is 0 Å². The molecule has 10 heteroatoms. The van der Waals surface area contributed by atoms with Crippen molar-refractivity contribution in [2.24, 2.45) is 0 Å². The molecular formula is C15H18IN3O5S. The molecule has 0 atom stereocenters.